The molecule has 1 aromatic carbocycles. The maximum absolute atomic E-state index is 10.9. The van der Waals surface area contributed by atoms with Gasteiger partial charge in [0.1, 0.15) is 11.5 Å². The number of rotatable bonds is 6. The fourth-order valence-electron chi connectivity index (χ4n) is 1.66. The van der Waals surface area contributed by atoms with Crippen molar-refractivity contribution in [3.8, 4) is 5.75 Å². The van der Waals surface area contributed by atoms with Crippen LogP contribution in [0.25, 0.3) is 6.08 Å². The van der Waals surface area contributed by atoms with E-state index in [4.69, 9.17) is 4.74 Å². The number of allylic oxidation sites excluding steroid dienone is 3. The summed E-state index contributed by atoms with van der Waals surface area (Å²) in [7, 11) is 1.66. The molecule has 0 spiro atoms. The van der Waals surface area contributed by atoms with E-state index < -0.39 is 0 Å². The zero-order valence-corrected chi connectivity index (χ0v) is 11.2. The van der Waals surface area contributed by atoms with Crippen molar-refractivity contribution in [1.29, 1.82) is 0 Å². The number of benzene rings is 1. The van der Waals surface area contributed by atoms with Crippen LogP contribution in [0, 0.1) is 5.92 Å². The molecule has 0 saturated heterocycles. The molecule has 0 aromatic heterocycles. The van der Waals surface area contributed by atoms with Gasteiger partial charge in [-0.15, -0.1) is 0 Å². The van der Waals surface area contributed by atoms with Crippen molar-refractivity contribution >= 4 is 11.9 Å². The van der Waals surface area contributed by atoms with Crippen LogP contribution in [-0.2, 0) is 4.79 Å². The van der Waals surface area contributed by atoms with Gasteiger partial charge in [0.05, 0.1) is 7.11 Å². The van der Waals surface area contributed by atoms with E-state index in [0.29, 0.717) is 12.3 Å². The van der Waals surface area contributed by atoms with E-state index in [0.717, 1.165) is 11.3 Å². The van der Waals surface area contributed by atoms with Crippen LogP contribution in [0.5, 0.6) is 5.75 Å². The first-order valence-corrected chi connectivity index (χ1v) is 6.10. The van der Waals surface area contributed by atoms with Crippen LogP contribution in [0.1, 0.15) is 25.8 Å². The highest BCUT2D eigenvalue weighted by molar-refractivity contribution is 5.75. The van der Waals surface area contributed by atoms with Crippen molar-refractivity contribution in [2.75, 3.05) is 7.11 Å². The van der Waals surface area contributed by atoms with Crippen LogP contribution in [0.4, 0.5) is 0 Å². The van der Waals surface area contributed by atoms with Gasteiger partial charge in [0.15, 0.2) is 0 Å². The predicted octanol–water partition coefficient (Wildman–Crippen LogP) is 3.88. The van der Waals surface area contributed by atoms with Gasteiger partial charge in [-0.25, -0.2) is 0 Å². The molecule has 0 fully saturated rings. The van der Waals surface area contributed by atoms with Crippen molar-refractivity contribution < 1.29 is 9.53 Å². The smallest absolute Gasteiger partial charge is 0.130 e. The van der Waals surface area contributed by atoms with Crippen LogP contribution in [0.2, 0.25) is 0 Å². The van der Waals surface area contributed by atoms with E-state index in [1.807, 2.05) is 55.5 Å². The first-order chi connectivity index (χ1) is 8.61. The minimum absolute atomic E-state index is 0.228. The number of ketones is 1. The quantitative estimate of drug-likeness (QED) is 0.710. The summed E-state index contributed by atoms with van der Waals surface area (Å²) in [6.45, 7) is 3.66. The van der Waals surface area contributed by atoms with Gasteiger partial charge in [0.25, 0.3) is 0 Å². The average Bonchev–Trinajstić information content (AvgIpc) is 2.34. The SMILES string of the molecule is COc1ccc(/C=C/C=C/C(C)CC(C)=O)cc1. The molecule has 0 aliphatic rings. The molecule has 96 valence electrons. The molecule has 0 heterocycles. The molecule has 0 saturated carbocycles. The van der Waals surface area contributed by atoms with Gasteiger partial charge in [-0.05, 0) is 30.5 Å². The van der Waals surface area contributed by atoms with Crippen molar-refractivity contribution in [3.05, 3.63) is 48.1 Å². The average molecular weight is 244 g/mol. The minimum Gasteiger partial charge on any atom is -0.497 e. The number of ether oxygens (including phenoxy) is 1. The van der Waals surface area contributed by atoms with Gasteiger partial charge in [-0.2, -0.15) is 0 Å². The molecule has 2 nitrogen and oxygen atoms in total. The second-order valence-electron chi connectivity index (χ2n) is 4.40. The van der Waals surface area contributed by atoms with Crippen LogP contribution >= 0.6 is 0 Å². The Hall–Kier alpha value is -1.83. The zero-order valence-electron chi connectivity index (χ0n) is 11.2. The fourth-order valence-corrected chi connectivity index (χ4v) is 1.66. The molecule has 18 heavy (non-hydrogen) atoms. The summed E-state index contributed by atoms with van der Waals surface area (Å²) < 4.78 is 5.09. The molecule has 0 radical (unpaired) electrons. The number of methoxy groups -OCH3 is 1. The van der Waals surface area contributed by atoms with E-state index in [1.165, 1.54) is 0 Å². The fraction of sp³-hybridized carbons (Fsp3) is 0.312. The minimum atomic E-state index is 0.228. The molecule has 1 atom stereocenters. The normalized spacial score (nSPS) is 13.1. The van der Waals surface area contributed by atoms with E-state index in [9.17, 15) is 4.79 Å². The maximum Gasteiger partial charge on any atom is 0.130 e. The third-order valence-electron chi connectivity index (χ3n) is 2.56. The summed E-state index contributed by atoms with van der Waals surface area (Å²) in [4.78, 5) is 10.9. The Labute approximate surface area is 109 Å². The Morgan fingerprint density at radius 2 is 1.94 bits per heavy atom. The lowest BCUT2D eigenvalue weighted by Gasteiger charge is -2.00. The predicted molar refractivity (Wildman–Crippen MR) is 75.6 cm³/mol. The second-order valence-corrected chi connectivity index (χ2v) is 4.40. The Morgan fingerprint density at radius 3 is 2.50 bits per heavy atom. The van der Waals surface area contributed by atoms with E-state index in [-0.39, 0.29) is 5.78 Å². The molecule has 0 N–H and O–H groups in total. The Morgan fingerprint density at radius 1 is 1.28 bits per heavy atom. The molecule has 0 amide bonds. The lowest BCUT2D eigenvalue weighted by Crippen LogP contribution is -1.97. The molecule has 0 aliphatic carbocycles. The summed E-state index contributed by atoms with van der Waals surface area (Å²) in [6.07, 6.45) is 8.64. The summed E-state index contributed by atoms with van der Waals surface area (Å²) in [5.74, 6) is 1.38. The monoisotopic (exact) mass is 244 g/mol. The number of hydrogen-bond acceptors (Lipinski definition) is 2. The van der Waals surface area contributed by atoms with E-state index in [2.05, 4.69) is 0 Å². The number of carbonyl (C=O) groups is 1. The lowest BCUT2D eigenvalue weighted by molar-refractivity contribution is -0.117. The zero-order chi connectivity index (χ0) is 13.4. The maximum atomic E-state index is 10.9. The highest BCUT2D eigenvalue weighted by atomic mass is 16.5. The lowest BCUT2D eigenvalue weighted by atomic mass is 10.1. The van der Waals surface area contributed by atoms with Gasteiger partial charge in [0.2, 0.25) is 0 Å². The van der Waals surface area contributed by atoms with Gasteiger partial charge in [0, 0.05) is 6.42 Å². The first kappa shape index (κ1) is 14.2. The Balaban J connectivity index is 2.48. The standard InChI is InChI=1S/C16H20O2/c1-13(12-14(2)17)6-4-5-7-15-8-10-16(18-3)11-9-15/h4-11,13H,12H2,1-3H3/b6-4+,7-5+. The molecule has 0 aliphatic heterocycles. The molecule has 2 heteroatoms. The van der Waals surface area contributed by atoms with Crippen molar-refractivity contribution in [2.45, 2.75) is 20.3 Å². The van der Waals surface area contributed by atoms with Crippen LogP contribution in [0.3, 0.4) is 0 Å². The third kappa shape index (κ3) is 5.48. The molecular formula is C16H20O2. The molecular weight excluding hydrogens is 224 g/mol. The van der Waals surface area contributed by atoms with Crippen molar-refractivity contribution in [3.63, 3.8) is 0 Å². The van der Waals surface area contributed by atoms with Gasteiger partial charge in [-0.3, -0.25) is 0 Å². The molecule has 0 bridgehead atoms. The summed E-state index contributed by atoms with van der Waals surface area (Å²) in [6, 6.07) is 7.87. The summed E-state index contributed by atoms with van der Waals surface area (Å²) >= 11 is 0. The van der Waals surface area contributed by atoms with E-state index in [1.54, 1.807) is 14.0 Å². The van der Waals surface area contributed by atoms with E-state index >= 15 is 0 Å². The van der Waals surface area contributed by atoms with Crippen LogP contribution in [0.15, 0.2) is 42.5 Å². The first-order valence-electron chi connectivity index (χ1n) is 6.10. The van der Waals surface area contributed by atoms with Crippen LogP contribution < -0.4 is 4.74 Å². The van der Waals surface area contributed by atoms with Gasteiger partial charge >= 0.3 is 0 Å². The van der Waals surface area contributed by atoms with Crippen molar-refractivity contribution in [2.24, 2.45) is 5.92 Å². The topological polar surface area (TPSA) is 26.3 Å². The molecule has 1 aromatic rings. The summed E-state index contributed by atoms with van der Waals surface area (Å²) in [5, 5.41) is 0. The number of carbonyl (C=O) groups excluding carboxylic acids is 1. The Bertz CT molecular complexity index is 427. The highest BCUT2D eigenvalue weighted by Crippen LogP contribution is 2.12. The largest absolute Gasteiger partial charge is 0.497 e. The number of hydrogen-bond donors (Lipinski definition) is 0. The van der Waals surface area contributed by atoms with Crippen molar-refractivity contribution in [1.82, 2.24) is 0 Å². The van der Waals surface area contributed by atoms with Gasteiger partial charge < -0.3 is 9.53 Å². The summed E-state index contributed by atoms with van der Waals surface area (Å²) in [5.41, 5.74) is 1.12. The Kier molecular flexibility index (Phi) is 5.92. The third-order valence-corrected chi connectivity index (χ3v) is 2.56. The number of Topliss-reactive ketones (excluding diaryl/α,β-unsaturated/α-hetero) is 1. The molecule has 1 unspecified atom stereocenters. The van der Waals surface area contributed by atoms with Crippen LogP contribution in [-0.4, -0.2) is 12.9 Å². The second kappa shape index (κ2) is 7.49. The highest BCUT2D eigenvalue weighted by Gasteiger charge is 1.99. The molecule has 1 rings (SSSR count). The van der Waals surface area contributed by atoms with Gasteiger partial charge in [-0.1, -0.05) is 43.4 Å².